The number of benzene rings is 1. The van der Waals surface area contributed by atoms with Gasteiger partial charge in [-0.3, -0.25) is 0 Å². The number of halogens is 2. The van der Waals surface area contributed by atoms with Crippen molar-refractivity contribution in [3.05, 3.63) is 16.1 Å². The molecular weight excluding hydrogens is 329 g/mol. The molecule has 2 N–H and O–H groups in total. The molecule has 0 atom stereocenters. The minimum Gasteiger partial charge on any atom is -0.388 e. The van der Waals surface area contributed by atoms with Crippen LogP contribution in [0.1, 0.15) is 38.5 Å². The van der Waals surface area contributed by atoms with Crippen LogP contribution in [0.2, 0.25) is 10.0 Å². The SMILES string of the molecule is OC1(CNc2c(Cl)cc(Cl)c3nsnc23)CCCCCC1. The Morgan fingerprint density at radius 1 is 1.10 bits per heavy atom. The lowest BCUT2D eigenvalue weighted by atomic mass is 9.94. The van der Waals surface area contributed by atoms with E-state index in [2.05, 4.69) is 14.1 Å². The molecule has 1 saturated carbocycles. The van der Waals surface area contributed by atoms with E-state index in [1.807, 2.05) is 0 Å². The average Bonchev–Trinajstić information content (AvgIpc) is 2.83. The molecule has 3 rings (SSSR count). The zero-order valence-corrected chi connectivity index (χ0v) is 13.9. The average molecular weight is 346 g/mol. The summed E-state index contributed by atoms with van der Waals surface area (Å²) in [5.74, 6) is 0. The van der Waals surface area contributed by atoms with Crippen molar-refractivity contribution in [2.75, 3.05) is 11.9 Å². The van der Waals surface area contributed by atoms with E-state index in [1.54, 1.807) is 6.07 Å². The first-order chi connectivity index (χ1) is 10.1. The maximum Gasteiger partial charge on any atom is 0.130 e. The van der Waals surface area contributed by atoms with Gasteiger partial charge in [0.15, 0.2) is 0 Å². The van der Waals surface area contributed by atoms with Gasteiger partial charge in [0.2, 0.25) is 0 Å². The standard InChI is InChI=1S/C14H17Cl2N3OS/c15-9-7-10(16)12-13(19-21-18-12)11(9)17-8-14(20)5-3-1-2-4-6-14/h7,17,20H,1-6,8H2. The highest BCUT2D eigenvalue weighted by molar-refractivity contribution is 7.00. The van der Waals surface area contributed by atoms with Gasteiger partial charge in [-0.1, -0.05) is 48.9 Å². The molecule has 0 spiro atoms. The quantitative estimate of drug-likeness (QED) is 0.804. The minimum atomic E-state index is -0.671. The minimum absolute atomic E-state index is 0.473. The van der Waals surface area contributed by atoms with Crippen molar-refractivity contribution >= 4 is 51.7 Å². The molecule has 0 bridgehead atoms. The van der Waals surface area contributed by atoms with Gasteiger partial charge in [-0.05, 0) is 18.9 Å². The Hall–Kier alpha value is -0.620. The highest BCUT2D eigenvalue weighted by Crippen LogP contribution is 2.36. The van der Waals surface area contributed by atoms with Crippen molar-refractivity contribution in [2.45, 2.75) is 44.1 Å². The van der Waals surface area contributed by atoms with Crippen LogP contribution in [-0.2, 0) is 0 Å². The third kappa shape index (κ3) is 3.26. The predicted octanol–water partition coefficient (Wildman–Crippen LogP) is 4.50. The first-order valence-electron chi connectivity index (χ1n) is 7.16. The number of hydrogen-bond donors (Lipinski definition) is 2. The number of aromatic nitrogens is 2. The van der Waals surface area contributed by atoms with Gasteiger partial charge in [-0.15, -0.1) is 0 Å². The molecule has 21 heavy (non-hydrogen) atoms. The Morgan fingerprint density at radius 2 is 1.76 bits per heavy atom. The number of fused-ring (bicyclic) bond motifs is 1. The number of nitrogens with one attached hydrogen (secondary N) is 1. The number of anilines is 1. The molecule has 0 unspecified atom stereocenters. The molecule has 1 aromatic heterocycles. The maximum absolute atomic E-state index is 10.7. The molecular formula is C14H17Cl2N3OS. The summed E-state index contributed by atoms with van der Waals surface area (Å²) in [4.78, 5) is 0. The zero-order chi connectivity index (χ0) is 14.9. The van der Waals surface area contributed by atoms with Crippen LogP contribution in [0.4, 0.5) is 5.69 Å². The molecule has 7 heteroatoms. The van der Waals surface area contributed by atoms with E-state index in [9.17, 15) is 5.11 Å². The fourth-order valence-electron chi connectivity index (χ4n) is 2.86. The Kier molecular flexibility index (Phi) is 4.54. The summed E-state index contributed by atoms with van der Waals surface area (Å²) in [6, 6.07) is 1.67. The first kappa shape index (κ1) is 15.3. The van der Waals surface area contributed by atoms with E-state index >= 15 is 0 Å². The van der Waals surface area contributed by atoms with Crippen LogP contribution < -0.4 is 5.32 Å². The van der Waals surface area contributed by atoms with Crippen molar-refractivity contribution in [3.8, 4) is 0 Å². The molecule has 1 aliphatic carbocycles. The fourth-order valence-corrected chi connectivity index (χ4v) is 4.04. The molecule has 4 nitrogen and oxygen atoms in total. The number of rotatable bonds is 3. The third-order valence-corrected chi connectivity index (χ3v) is 5.19. The molecule has 0 radical (unpaired) electrons. The van der Waals surface area contributed by atoms with Gasteiger partial charge < -0.3 is 10.4 Å². The summed E-state index contributed by atoms with van der Waals surface area (Å²) >= 11 is 13.5. The summed E-state index contributed by atoms with van der Waals surface area (Å²) in [5.41, 5.74) is 1.37. The molecule has 1 aliphatic rings. The molecule has 2 aromatic rings. The van der Waals surface area contributed by atoms with Gasteiger partial charge in [0, 0.05) is 6.54 Å². The molecule has 0 saturated heterocycles. The van der Waals surface area contributed by atoms with Crippen molar-refractivity contribution in [3.63, 3.8) is 0 Å². The van der Waals surface area contributed by atoms with Crippen molar-refractivity contribution in [1.82, 2.24) is 8.75 Å². The lowest BCUT2D eigenvalue weighted by Gasteiger charge is -2.27. The lowest BCUT2D eigenvalue weighted by molar-refractivity contribution is 0.0381. The molecule has 1 heterocycles. The van der Waals surface area contributed by atoms with Gasteiger partial charge in [0.1, 0.15) is 11.0 Å². The summed E-state index contributed by atoms with van der Waals surface area (Å²) in [5, 5.41) is 15.0. The third-order valence-electron chi connectivity index (χ3n) is 4.07. The van der Waals surface area contributed by atoms with Crippen LogP contribution in [0.15, 0.2) is 6.07 Å². The number of nitrogens with zero attached hydrogens (tertiary/aromatic N) is 2. The number of aliphatic hydroxyl groups is 1. The summed E-state index contributed by atoms with van der Waals surface area (Å²) in [6.45, 7) is 0.473. The van der Waals surface area contributed by atoms with Crippen molar-refractivity contribution in [1.29, 1.82) is 0 Å². The summed E-state index contributed by atoms with van der Waals surface area (Å²) in [6.07, 6.45) is 6.18. The monoisotopic (exact) mass is 345 g/mol. The van der Waals surface area contributed by atoms with Crippen LogP contribution in [-0.4, -0.2) is 26.0 Å². The first-order valence-corrected chi connectivity index (χ1v) is 8.64. The van der Waals surface area contributed by atoms with E-state index in [4.69, 9.17) is 23.2 Å². The van der Waals surface area contributed by atoms with Gasteiger partial charge >= 0.3 is 0 Å². The van der Waals surface area contributed by atoms with E-state index < -0.39 is 5.60 Å². The van der Waals surface area contributed by atoms with E-state index in [0.29, 0.717) is 33.3 Å². The molecule has 0 amide bonds. The van der Waals surface area contributed by atoms with Crippen molar-refractivity contribution in [2.24, 2.45) is 0 Å². The highest BCUT2D eigenvalue weighted by atomic mass is 35.5. The number of hydrogen-bond acceptors (Lipinski definition) is 5. The second kappa shape index (κ2) is 6.24. The predicted molar refractivity (Wildman–Crippen MR) is 88.6 cm³/mol. The Bertz CT molecular complexity index is 638. The van der Waals surface area contributed by atoms with Gasteiger partial charge in [0.05, 0.1) is 33.1 Å². The van der Waals surface area contributed by atoms with Crippen LogP contribution in [0.3, 0.4) is 0 Å². The highest BCUT2D eigenvalue weighted by Gasteiger charge is 2.28. The molecule has 1 fully saturated rings. The molecule has 1 aromatic carbocycles. The smallest absolute Gasteiger partial charge is 0.130 e. The normalized spacial score (nSPS) is 18.6. The largest absolute Gasteiger partial charge is 0.388 e. The Balaban J connectivity index is 1.83. The summed E-state index contributed by atoms with van der Waals surface area (Å²) < 4.78 is 8.45. The lowest BCUT2D eigenvalue weighted by Crippen LogP contribution is -2.36. The van der Waals surface area contributed by atoms with Crippen LogP contribution in [0, 0.1) is 0 Å². The second-order valence-corrected chi connectivity index (χ2v) is 7.01. The second-order valence-electron chi connectivity index (χ2n) is 5.67. The Labute approximate surface area is 137 Å². The fraction of sp³-hybridized carbons (Fsp3) is 0.571. The van der Waals surface area contributed by atoms with Crippen LogP contribution in [0.5, 0.6) is 0 Å². The van der Waals surface area contributed by atoms with E-state index in [0.717, 1.165) is 37.4 Å². The topological polar surface area (TPSA) is 58.0 Å². The molecule has 0 aliphatic heterocycles. The maximum atomic E-state index is 10.7. The summed E-state index contributed by atoms with van der Waals surface area (Å²) in [7, 11) is 0. The van der Waals surface area contributed by atoms with Crippen LogP contribution in [0.25, 0.3) is 11.0 Å². The van der Waals surface area contributed by atoms with Gasteiger partial charge in [0.25, 0.3) is 0 Å². The van der Waals surface area contributed by atoms with Crippen molar-refractivity contribution < 1.29 is 5.11 Å². The van der Waals surface area contributed by atoms with Gasteiger partial charge in [-0.2, -0.15) is 8.75 Å². The molecule has 114 valence electrons. The van der Waals surface area contributed by atoms with Crippen LogP contribution >= 0.6 is 34.9 Å². The van der Waals surface area contributed by atoms with Gasteiger partial charge in [-0.25, -0.2) is 0 Å². The Morgan fingerprint density at radius 3 is 2.48 bits per heavy atom. The zero-order valence-electron chi connectivity index (χ0n) is 11.5. The van der Waals surface area contributed by atoms with E-state index in [-0.39, 0.29) is 0 Å². The van der Waals surface area contributed by atoms with E-state index in [1.165, 1.54) is 12.8 Å².